The fourth-order valence-electron chi connectivity index (χ4n) is 4.58. The Morgan fingerprint density at radius 3 is 2.20 bits per heavy atom. The molecule has 13 heteroatoms. The van der Waals surface area contributed by atoms with Gasteiger partial charge in [-0.05, 0) is 35.7 Å². The van der Waals surface area contributed by atoms with Crippen molar-refractivity contribution in [3.63, 3.8) is 0 Å². The highest BCUT2D eigenvalue weighted by Crippen LogP contribution is 2.35. The number of ether oxygens (including phenoxy) is 4. The molecule has 1 amide bonds. The maximum absolute atomic E-state index is 12.5. The number of fused-ring (bicyclic) bond motifs is 1. The van der Waals surface area contributed by atoms with Crippen molar-refractivity contribution in [3.8, 4) is 11.5 Å². The number of amides is 1. The Balaban J connectivity index is 1.15. The van der Waals surface area contributed by atoms with Crippen molar-refractivity contribution in [3.05, 3.63) is 95.1 Å². The van der Waals surface area contributed by atoms with Gasteiger partial charge in [-0.3, -0.25) is 4.79 Å². The van der Waals surface area contributed by atoms with Crippen LogP contribution in [-0.2, 0) is 29.0 Å². The molecular formula is C33H40N8O5. The molecule has 0 unspecified atom stereocenters. The minimum absolute atomic E-state index is 0.164. The highest BCUT2D eigenvalue weighted by Gasteiger charge is 2.17. The molecule has 2 heterocycles. The number of anilines is 3. The van der Waals surface area contributed by atoms with Gasteiger partial charge < -0.3 is 45.9 Å². The summed E-state index contributed by atoms with van der Waals surface area (Å²) in [5, 5.41) is 12.8. The van der Waals surface area contributed by atoms with E-state index in [4.69, 9.17) is 24.7 Å². The molecule has 0 saturated carbocycles. The normalized spacial score (nSPS) is 11.7. The number of carbonyl (C=O) groups is 1. The number of para-hydroxylation sites is 1. The monoisotopic (exact) mass is 628 g/mol. The highest BCUT2D eigenvalue weighted by atomic mass is 16.7. The predicted molar refractivity (Wildman–Crippen MR) is 175 cm³/mol. The number of carbonyl (C=O) groups excluding carboxylic acids is 1. The van der Waals surface area contributed by atoms with E-state index in [1.807, 2.05) is 48.5 Å². The van der Waals surface area contributed by atoms with Gasteiger partial charge in [0.05, 0.1) is 26.4 Å². The van der Waals surface area contributed by atoms with Gasteiger partial charge in [0.1, 0.15) is 0 Å². The van der Waals surface area contributed by atoms with Crippen molar-refractivity contribution in [1.29, 1.82) is 0 Å². The molecule has 1 aromatic heterocycles. The quantitative estimate of drug-likeness (QED) is 0.0964. The molecule has 13 nitrogen and oxygen atoms in total. The largest absolute Gasteiger partial charge is 0.454 e. The highest BCUT2D eigenvalue weighted by molar-refractivity contribution is 5.94. The van der Waals surface area contributed by atoms with Gasteiger partial charge in [0.25, 0.3) is 5.91 Å². The molecule has 5 rings (SSSR count). The van der Waals surface area contributed by atoms with Gasteiger partial charge in [0, 0.05) is 43.9 Å². The Labute approximate surface area is 268 Å². The van der Waals surface area contributed by atoms with Crippen LogP contribution in [0.2, 0.25) is 0 Å². The van der Waals surface area contributed by atoms with Gasteiger partial charge in [0.2, 0.25) is 24.6 Å². The Morgan fingerprint density at radius 1 is 0.717 bits per heavy atom. The van der Waals surface area contributed by atoms with E-state index < -0.39 is 0 Å². The molecule has 0 fully saturated rings. The molecular weight excluding hydrogens is 588 g/mol. The number of nitrogens with two attached hydrogens (primary N) is 1. The zero-order valence-corrected chi connectivity index (χ0v) is 25.7. The summed E-state index contributed by atoms with van der Waals surface area (Å²) in [5.74, 6) is 2.55. The molecule has 0 spiro atoms. The van der Waals surface area contributed by atoms with E-state index in [1.165, 1.54) is 5.56 Å². The summed E-state index contributed by atoms with van der Waals surface area (Å²) in [6.45, 7) is 4.50. The van der Waals surface area contributed by atoms with Crippen LogP contribution in [0.5, 0.6) is 11.5 Å². The van der Waals surface area contributed by atoms with Crippen LogP contribution in [0.4, 0.5) is 17.8 Å². The fraction of sp³-hybridized carbons (Fsp3) is 0.333. The number of nitrogens with one attached hydrogen (secondary N) is 4. The summed E-state index contributed by atoms with van der Waals surface area (Å²) in [6.07, 6.45) is 0.822. The molecule has 46 heavy (non-hydrogen) atoms. The molecule has 3 aromatic carbocycles. The molecule has 1 aliphatic rings. The summed E-state index contributed by atoms with van der Waals surface area (Å²) < 4.78 is 21.8. The lowest BCUT2D eigenvalue weighted by Crippen LogP contribution is -2.27. The van der Waals surface area contributed by atoms with Crippen molar-refractivity contribution in [2.24, 2.45) is 5.73 Å². The van der Waals surface area contributed by atoms with E-state index in [0.29, 0.717) is 82.6 Å². The molecule has 0 saturated heterocycles. The van der Waals surface area contributed by atoms with Crippen LogP contribution in [0.3, 0.4) is 0 Å². The SMILES string of the molecule is NCCOCCOCCNC(=O)c1ccc(CNc2nc(NCCc3ccccc3)nc(NCc3cccc4c3OCO4)n2)cc1. The number of rotatable bonds is 19. The Hall–Kier alpha value is -4.98. The number of aromatic nitrogens is 3. The smallest absolute Gasteiger partial charge is 0.251 e. The predicted octanol–water partition coefficient (Wildman–Crippen LogP) is 3.20. The first-order valence-corrected chi connectivity index (χ1v) is 15.3. The fourth-order valence-corrected chi connectivity index (χ4v) is 4.58. The Morgan fingerprint density at radius 2 is 1.43 bits per heavy atom. The van der Waals surface area contributed by atoms with Crippen LogP contribution < -0.4 is 36.5 Å². The molecule has 4 aromatic rings. The van der Waals surface area contributed by atoms with Crippen LogP contribution >= 0.6 is 0 Å². The van der Waals surface area contributed by atoms with Crippen LogP contribution in [0, 0.1) is 0 Å². The van der Waals surface area contributed by atoms with Gasteiger partial charge in [-0.1, -0.05) is 54.6 Å². The first kappa shape index (κ1) is 32.4. The minimum Gasteiger partial charge on any atom is -0.454 e. The van der Waals surface area contributed by atoms with Crippen LogP contribution in [0.15, 0.2) is 72.8 Å². The third-order valence-corrected chi connectivity index (χ3v) is 6.92. The van der Waals surface area contributed by atoms with Crippen molar-refractivity contribution in [2.45, 2.75) is 19.5 Å². The Bertz CT molecular complexity index is 1520. The molecule has 1 aliphatic heterocycles. The summed E-state index contributed by atoms with van der Waals surface area (Å²) >= 11 is 0. The van der Waals surface area contributed by atoms with Gasteiger partial charge >= 0.3 is 0 Å². The summed E-state index contributed by atoms with van der Waals surface area (Å²) in [6, 6.07) is 23.4. The van der Waals surface area contributed by atoms with E-state index in [2.05, 4.69) is 48.4 Å². The first-order chi connectivity index (χ1) is 22.7. The van der Waals surface area contributed by atoms with Crippen molar-refractivity contribution >= 4 is 23.8 Å². The standard InChI is InChI=1S/C33H40N8O5/c34-14-17-43-19-20-44-18-16-35-30(42)26-11-9-25(10-12-26)21-37-32-39-31(36-15-13-24-5-2-1-3-6-24)40-33(41-32)38-22-27-7-4-8-28-29(27)46-23-45-28/h1-12H,13-23,34H2,(H,35,42)(H3,36,37,38,39,40,41). The van der Waals surface area contributed by atoms with E-state index in [9.17, 15) is 4.79 Å². The second-order valence-electron chi connectivity index (χ2n) is 10.3. The first-order valence-electron chi connectivity index (χ1n) is 15.3. The van der Waals surface area contributed by atoms with Crippen molar-refractivity contribution in [1.82, 2.24) is 20.3 Å². The van der Waals surface area contributed by atoms with Crippen molar-refractivity contribution < 1.29 is 23.7 Å². The molecule has 242 valence electrons. The van der Waals surface area contributed by atoms with Crippen LogP contribution in [0.25, 0.3) is 0 Å². The lowest BCUT2D eigenvalue weighted by atomic mass is 10.1. The number of hydrogen-bond acceptors (Lipinski definition) is 12. The van der Waals surface area contributed by atoms with Crippen molar-refractivity contribution in [2.75, 3.05) is 68.8 Å². The molecule has 0 atom stereocenters. The summed E-state index contributed by atoms with van der Waals surface area (Å²) in [4.78, 5) is 26.3. The average molecular weight is 629 g/mol. The summed E-state index contributed by atoms with van der Waals surface area (Å²) in [7, 11) is 0. The lowest BCUT2D eigenvalue weighted by Gasteiger charge is -2.12. The second kappa shape index (κ2) is 17.5. The average Bonchev–Trinajstić information content (AvgIpc) is 3.58. The zero-order chi connectivity index (χ0) is 31.8. The van der Waals surface area contributed by atoms with E-state index in [-0.39, 0.29) is 12.7 Å². The molecule has 0 aliphatic carbocycles. The number of hydrogen-bond donors (Lipinski definition) is 5. The Kier molecular flexibility index (Phi) is 12.3. The van der Waals surface area contributed by atoms with E-state index in [1.54, 1.807) is 12.1 Å². The second-order valence-corrected chi connectivity index (χ2v) is 10.3. The maximum atomic E-state index is 12.5. The molecule has 0 bridgehead atoms. The molecule has 6 N–H and O–H groups in total. The van der Waals surface area contributed by atoms with Gasteiger partial charge in [-0.2, -0.15) is 15.0 Å². The number of nitrogens with zero attached hydrogens (tertiary/aromatic N) is 3. The van der Waals surface area contributed by atoms with Gasteiger partial charge in [-0.15, -0.1) is 0 Å². The van der Waals surface area contributed by atoms with Gasteiger partial charge in [-0.25, -0.2) is 0 Å². The zero-order valence-electron chi connectivity index (χ0n) is 25.7. The summed E-state index contributed by atoms with van der Waals surface area (Å²) in [5.41, 5.74) is 9.06. The lowest BCUT2D eigenvalue weighted by molar-refractivity contribution is 0.0511. The third kappa shape index (κ3) is 10.0. The van der Waals surface area contributed by atoms with E-state index >= 15 is 0 Å². The number of benzene rings is 3. The van der Waals surface area contributed by atoms with Crippen LogP contribution in [-0.4, -0.2) is 73.7 Å². The molecule has 0 radical (unpaired) electrons. The van der Waals surface area contributed by atoms with Gasteiger partial charge in [0.15, 0.2) is 11.5 Å². The third-order valence-electron chi connectivity index (χ3n) is 6.92. The maximum Gasteiger partial charge on any atom is 0.251 e. The van der Waals surface area contributed by atoms with E-state index in [0.717, 1.165) is 29.0 Å². The topological polar surface area (TPSA) is 167 Å². The minimum atomic E-state index is -0.164. The van der Waals surface area contributed by atoms with Crippen LogP contribution in [0.1, 0.15) is 27.0 Å².